The van der Waals surface area contributed by atoms with Crippen molar-refractivity contribution >= 4 is 5.97 Å². The number of aliphatic hydroxyl groups excluding tert-OH is 1. The molecular formula is C19H29NO3. The molecule has 1 saturated carbocycles. The van der Waals surface area contributed by atoms with Crippen LogP contribution < -0.4 is 0 Å². The summed E-state index contributed by atoms with van der Waals surface area (Å²) < 4.78 is 0. The molecule has 1 aliphatic carbocycles. The molecule has 0 heterocycles. The predicted molar refractivity (Wildman–Crippen MR) is 91.6 cm³/mol. The Morgan fingerprint density at radius 2 is 1.83 bits per heavy atom. The van der Waals surface area contributed by atoms with Gasteiger partial charge in [-0.15, -0.1) is 0 Å². The van der Waals surface area contributed by atoms with Gasteiger partial charge in [0, 0.05) is 13.1 Å². The van der Waals surface area contributed by atoms with Gasteiger partial charge in [0.1, 0.15) is 0 Å². The van der Waals surface area contributed by atoms with Gasteiger partial charge in [0.2, 0.25) is 0 Å². The van der Waals surface area contributed by atoms with E-state index in [0.29, 0.717) is 25.4 Å². The Kier molecular flexibility index (Phi) is 7.06. The Balaban J connectivity index is 1.80. The zero-order chi connectivity index (χ0) is 16.7. The van der Waals surface area contributed by atoms with Gasteiger partial charge < -0.3 is 15.1 Å². The minimum Gasteiger partial charge on any atom is -0.481 e. The smallest absolute Gasteiger partial charge is 0.304 e. The van der Waals surface area contributed by atoms with Gasteiger partial charge in [0.15, 0.2) is 0 Å². The third-order valence-corrected chi connectivity index (χ3v) is 4.89. The average Bonchev–Trinajstić information content (AvgIpc) is 2.58. The largest absolute Gasteiger partial charge is 0.481 e. The van der Waals surface area contributed by atoms with Crippen molar-refractivity contribution in [3.63, 3.8) is 0 Å². The normalized spacial score (nSPS) is 17.3. The summed E-state index contributed by atoms with van der Waals surface area (Å²) in [5.41, 5.74) is 2.36. The number of hydrogen-bond acceptors (Lipinski definition) is 3. The number of carboxylic acid groups (broad SMARTS) is 1. The predicted octanol–water partition coefficient (Wildman–Crippen LogP) is 3.56. The number of nitrogens with zero attached hydrogens (tertiary/aromatic N) is 1. The maximum absolute atomic E-state index is 10.5. The molecule has 2 rings (SSSR count). The van der Waals surface area contributed by atoms with Gasteiger partial charge >= 0.3 is 5.97 Å². The van der Waals surface area contributed by atoms with Crippen molar-refractivity contribution in [2.75, 3.05) is 20.1 Å². The van der Waals surface area contributed by atoms with E-state index in [1.54, 1.807) is 0 Å². The first kappa shape index (κ1) is 18.0. The lowest BCUT2D eigenvalue weighted by Crippen LogP contribution is -2.24. The van der Waals surface area contributed by atoms with Gasteiger partial charge in [-0.05, 0) is 43.4 Å². The Bertz CT molecular complexity index is 480. The first-order chi connectivity index (χ1) is 11.1. The molecule has 4 heteroatoms. The quantitative estimate of drug-likeness (QED) is 0.769. The molecule has 1 aromatic carbocycles. The molecule has 0 amide bonds. The van der Waals surface area contributed by atoms with E-state index in [9.17, 15) is 9.90 Å². The zero-order valence-corrected chi connectivity index (χ0v) is 14.1. The van der Waals surface area contributed by atoms with Crippen molar-refractivity contribution < 1.29 is 15.0 Å². The molecule has 0 saturated heterocycles. The molecule has 0 aliphatic heterocycles. The van der Waals surface area contributed by atoms with Gasteiger partial charge in [-0.1, -0.05) is 43.5 Å². The van der Waals surface area contributed by atoms with Crippen molar-refractivity contribution in [2.45, 2.75) is 57.0 Å². The standard InChI is InChI=1S/C19H29NO3/c1-20(14-12-19(22)23)13-11-18(21)17-9-7-16(8-10-17)15-5-3-2-4-6-15/h7-10,15,18,21H,2-6,11-14H2,1H3,(H,22,23). The highest BCUT2D eigenvalue weighted by atomic mass is 16.4. The van der Waals surface area contributed by atoms with E-state index in [-0.39, 0.29) is 6.42 Å². The third kappa shape index (κ3) is 5.96. The second-order valence-corrected chi connectivity index (χ2v) is 6.75. The fourth-order valence-corrected chi connectivity index (χ4v) is 3.33. The van der Waals surface area contributed by atoms with E-state index in [1.165, 1.54) is 37.7 Å². The van der Waals surface area contributed by atoms with Crippen molar-refractivity contribution in [1.82, 2.24) is 4.90 Å². The van der Waals surface area contributed by atoms with E-state index in [2.05, 4.69) is 12.1 Å². The minimum absolute atomic E-state index is 0.142. The molecule has 2 N–H and O–H groups in total. The minimum atomic E-state index is -0.782. The van der Waals surface area contributed by atoms with Crippen molar-refractivity contribution in [3.8, 4) is 0 Å². The Morgan fingerprint density at radius 3 is 2.43 bits per heavy atom. The summed E-state index contributed by atoms with van der Waals surface area (Å²) in [5, 5.41) is 19.0. The first-order valence-electron chi connectivity index (χ1n) is 8.74. The van der Waals surface area contributed by atoms with Gasteiger partial charge in [-0.3, -0.25) is 4.79 Å². The van der Waals surface area contributed by atoms with Gasteiger partial charge in [-0.25, -0.2) is 0 Å². The van der Waals surface area contributed by atoms with E-state index < -0.39 is 12.1 Å². The number of carboxylic acids is 1. The molecule has 1 fully saturated rings. The van der Waals surface area contributed by atoms with E-state index >= 15 is 0 Å². The fourth-order valence-electron chi connectivity index (χ4n) is 3.33. The zero-order valence-electron chi connectivity index (χ0n) is 14.1. The van der Waals surface area contributed by atoms with Crippen molar-refractivity contribution in [2.24, 2.45) is 0 Å². The van der Waals surface area contributed by atoms with Crippen LogP contribution in [-0.2, 0) is 4.79 Å². The lowest BCUT2D eigenvalue weighted by atomic mass is 9.84. The van der Waals surface area contributed by atoms with Gasteiger partial charge in [0.05, 0.1) is 12.5 Å². The average molecular weight is 319 g/mol. The molecule has 1 atom stereocenters. The Hall–Kier alpha value is -1.39. The number of rotatable bonds is 8. The molecular weight excluding hydrogens is 290 g/mol. The number of benzene rings is 1. The van der Waals surface area contributed by atoms with Crippen molar-refractivity contribution in [1.29, 1.82) is 0 Å². The monoisotopic (exact) mass is 319 g/mol. The van der Waals surface area contributed by atoms with Crippen molar-refractivity contribution in [3.05, 3.63) is 35.4 Å². The summed E-state index contributed by atoms with van der Waals surface area (Å²) in [4.78, 5) is 12.5. The van der Waals surface area contributed by atoms with Crippen LogP contribution in [0.25, 0.3) is 0 Å². The Morgan fingerprint density at radius 1 is 1.17 bits per heavy atom. The number of aliphatic hydroxyl groups is 1. The van der Waals surface area contributed by atoms with E-state index in [1.807, 2.05) is 24.1 Å². The van der Waals surface area contributed by atoms with Crippen LogP contribution in [0.2, 0.25) is 0 Å². The second-order valence-electron chi connectivity index (χ2n) is 6.75. The SMILES string of the molecule is CN(CCC(=O)O)CCC(O)c1ccc(C2CCCCC2)cc1. The molecule has 0 spiro atoms. The van der Waals surface area contributed by atoms with Gasteiger partial charge in [-0.2, -0.15) is 0 Å². The molecule has 0 aromatic heterocycles. The first-order valence-corrected chi connectivity index (χ1v) is 8.74. The molecule has 4 nitrogen and oxygen atoms in total. The highest BCUT2D eigenvalue weighted by molar-refractivity contribution is 5.66. The maximum atomic E-state index is 10.5. The summed E-state index contributed by atoms with van der Waals surface area (Å²) in [5.74, 6) is -0.0900. The van der Waals surface area contributed by atoms with Crippen LogP contribution in [0.15, 0.2) is 24.3 Å². The molecule has 0 bridgehead atoms. The molecule has 1 aliphatic rings. The van der Waals surface area contributed by atoms with E-state index in [0.717, 1.165) is 5.56 Å². The number of carbonyl (C=O) groups is 1. The lowest BCUT2D eigenvalue weighted by Gasteiger charge is -2.23. The molecule has 128 valence electrons. The second kappa shape index (κ2) is 9.04. The summed E-state index contributed by atoms with van der Waals surface area (Å²) in [6.07, 6.45) is 6.88. The molecule has 1 aromatic rings. The molecule has 0 radical (unpaired) electrons. The summed E-state index contributed by atoms with van der Waals surface area (Å²) in [7, 11) is 1.89. The highest BCUT2D eigenvalue weighted by Gasteiger charge is 2.16. The number of aliphatic carboxylic acids is 1. The number of hydrogen-bond donors (Lipinski definition) is 2. The van der Waals surface area contributed by atoms with Crippen LogP contribution in [-0.4, -0.2) is 41.2 Å². The lowest BCUT2D eigenvalue weighted by molar-refractivity contribution is -0.137. The van der Waals surface area contributed by atoms with Gasteiger partial charge in [0.25, 0.3) is 0 Å². The Labute approximate surface area is 139 Å². The summed E-state index contributed by atoms with van der Waals surface area (Å²) in [6, 6.07) is 8.43. The third-order valence-electron chi connectivity index (χ3n) is 4.89. The molecule has 23 heavy (non-hydrogen) atoms. The van der Waals surface area contributed by atoms with Crippen LogP contribution in [0.5, 0.6) is 0 Å². The van der Waals surface area contributed by atoms with Crippen LogP contribution in [0.1, 0.15) is 68.1 Å². The van der Waals surface area contributed by atoms with Crippen LogP contribution in [0.3, 0.4) is 0 Å². The van der Waals surface area contributed by atoms with E-state index in [4.69, 9.17) is 5.11 Å². The van der Waals surface area contributed by atoms with Crippen LogP contribution >= 0.6 is 0 Å². The fraction of sp³-hybridized carbons (Fsp3) is 0.632. The molecule has 1 unspecified atom stereocenters. The van der Waals surface area contributed by atoms with Crippen LogP contribution in [0, 0.1) is 0 Å². The summed E-state index contributed by atoms with van der Waals surface area (Å²) >= 11 is 0. The van der Waals surface area contributed by atoms with Crippen LogP contribution in [0.4, 0.5) is 0 Å². The maximum Gasteiger partial charge on any atom is 0.304 e. The topological polar surface area (TPSA) is 60.8 Å². The summed E-state index contributed by atoms with van der Waals surface area (Å²) in [6.45, 7) is 1.21. The highest BCUT2D eigenvalue weighted by Crippen LogP contribution is 2.33.